The molecular weight excluding hydrogens is 328 g/mol. The van der Waals surface area contributed by atoms with Gasteiger partial charge in [0.15, 0.2) is 0 Å². The van der Waals surface area contributed by atoms with Gasteiger partial charge in [0.1, 0.15) is 11.4 Å². The molecule has 0 radical (unpaired) electrons. The van der Waals surface area contributed by atoms with Crippen molar-refractivity contribution in [2.75, 3.05) is 39.1 Å². The number of morpholine rings is 1. The highest BCUT2D eigenvalue weighted by molar-refractivity contribution is 5.69. The molecule has 4 rings (SSSR count). The van der Waals surface area contributed by atoms with E-state index in [4.69, 9.17) is 20.2 Å². The number of fused-ring (bicyclic) bond motifs is 1. The largest absolute Gasteiger partial charge is 0.496 e. The first-order chi connectivity index (χ1) is 12.7. The van der Waals surface area contributed by atoms with Crippen molar-refractivity contribution in [3.63, 3.8) is 0 Å². The molecule has 3 heterocycles. The second-order valence-corrected chi connectivity index (χ2v) is 6.67. The number of nitrogens with zero attached hydrogens (tertiary/aromatic N) is 3. The number of hydrogen-bond acceptors (Lipinski definition) is 5. The van der Waals surface area contributed by atoms with Crippen LogP contribution in [0.2, 0.25) is 0 Å². The van der Waals surface area contributed by atoms with Crippen LogP contribution in [0, 0.1) is 6.92 Å². The van der Waals surface area contributed by atoms with Crippen molar-refractivity contribution >= 4 is 11.3 Å². The van der Waals surface area contributed by atoms with Gasteiger partial charge >= 0.3 is 0 Å². The molecule has 3 aromatic rings. The minimum absolute atomic E-state index is 0.732. The van der Waals surface area contributed by atoms with E-state index in [1.807, 2.05) is 24.4 Å². The molecule has 0 atom stereocenters. The fourth-order valence-corrected chi connectivity index (χ4v) is 3.49. The molecule has 0 bridgehead atoms. The molecule has 6 heteroatoms. The molecule has 2 N–H and O–H groups in total. The third-order valence-electron chi connectivity index (χ3n) is 4.89. The van der Waals surface area contributed by atoms with Crippen LogP contribution in [0.5, 0.6) is 5.75 Å². The highest BCUT2D eigenvalue weighted by Gasteiger charge is 2.19. The third kappa shape index (κ3) is 3.13. The lowest BCUT2D eigenvalue weighted by Crippen LogP contribution is -2.36. The Balaban J connectivity index is 1.82. The maximum atomic E-state index is 6.04. The number of ether oxygens (including phenoxy) is 2. The van der Waals surface area contributed by atoms with E-state index in [1.54, 1.807) is 7.11 Å². The van der Waals surface area contributed by atoms with E-state index < -0.39 is 0 Å². The smallest absolute Gasteiger partial charge is 0.137 e. The first-order valence-electron chi connectivity index (χ1n) is 8.87. The van der Waals surface area contributed by atoms with Crippen molar-refractivity contribution in [2.45, 2.75) is 13.5 Å². The maximum absolute atomic E-state index is 6.04. The predicted molar refractivity (Wildman–Crippen MR) is 102 cm³/mol. The van der Waals surface area contributed by atoms with E-state index in [0.29, 0.717) is 0 Å². The number of rotatable bonds is 4. The molecule has 0 unspecified atom stereocenters. The summed E-state index contributed by atoms with van der Waals surface area (Å²) in [6.07, 6.45) is 1.96. The Morgan fingerprint density at radius 3 is 2.73 bits per heavy atom. The molecule has 26 heavy (non-hydrogen) atoms. The SMILES string of the molecule is COc1ccc(-c2nc3ccc(N)cn3c2CN2CCOCC2)cc1C. The lowest BCUT2D eigenvalue weighted by atomic mass is 10.1. The van der Waals surface area contributed by atoms with Crippen molar-refractivity contribution < 1.29 is 9.47 Å². The van der Waals surface area contributed by atoms with Crippen LogP contribution in [-0.2, 0) is 11.3 Å². The summed E-state index contributed by atoms with van der Waals surface area (Å²) in [5, 5.41) is 0. The van der Waals surface area contributed by atoms with Gasteiger partial charge in [-0.2, -0.15) is 0 Å². The van der Waals surface area contributed by atoms with Gasteiger partial charge in [-0.15, -0.1) is 0 Å². The average Bonchev–Trinajstić information content (AvgIpc) is 3.00. The van der Waals surface area contributed by atoms with Crippen LogP contribution in [0.25, 0.3) is 16.9 Å². The van der Waals surface area contributed by atoms with Gasteiger partial charge < -0.3 is 19.6 Å². The van der Waals surface area contributed by atoms with Gasteiger partial charge in [-0.25, -0.2) is 4.98 Å². The van der Waals surface area contributed by atoms with Crippen LogP contribution in [0.15, 0.2) is 36.5 Å². The summed E-state index contributed by atoms with van der Waals surface area (Å²) < 4.78 is 13.0. The highest BCUT2D eigenvalue weighted by Crippen LogP contribution is 2.30. The van der Waals surface area contributed by atoms with Gasteiger partial charge in [0.05, 0.1) is 31.7 Å². The molecule has 1 aliphatic heterocycles. The first-order valence-corrected chi connectivity index (χ1v) is 8.87. The van der Waals surface area contributed by atoms with Gasteiger partial charge in [-0.1, -0.05) is 0 Å². The van der Waals surface area contributed by atoms with Crippen LogP contribution in [-0.4, -0.2) is 47.7 Å². The lowest BCUT2D eigenvalue weighted by molar-refractivity contribution is 0.0336. The standard InChI is InChI=1S/C20H24N4O2/c1-14-11-15(3-5-18(14)25-2)20-17(13-23-7-9-26-10-8-23)24-12-16(21)4-6-19(24)22-20/h3-6,11-12H,7-10,13,21H2,1-2H3. The van der Waals surface area contributed by atoms with Crippen molar-refractivity contribution in [1.82, 2.24) is 14.3 Å². The number of methoxy groups -OCH3 is 1. The monoisotopic (exact) mass is 352 g/mol. The van der Waals surface area contributed by atoms with Crippen LogP contribution in [0.1, 0.15) is 11.3 Å². The van der Waals surface area contributed by atoms with Crippen molar-refractivity contribution in [3.05, 3.63) is 47.8 Å². The van der Waals surface area contributed by atoms with Gasteiger partial charge in [-0.05, 0) is 42.8 Å². The molecule has 136 valence electrons. The van der Waals surface area contributed by atoms with E-state index in [0.717, 1.165) is 72.4 Å². The molecule has 1 fully saturated rings. The molecule has 2 aromatic heterocycles. The summed E-state index contributed by atoms with van der Waals surface area (Å²) in [6.45, 7) is 6.27. The van der Waals surface area contributed by atoms with E-state index in [-0.39, 0.29) is 0 Å². The Labute approximate surface area is 153 Å². The highest BCUT2D eigenvalue weighted by atomic mass is 16.5. The van der Waals surface area contributed by atoms with Crippen molar-refractivity contribution in [1.29, 1.82) is 0 Å². The number of aryl methyl sites for hydroxylation is 1. The minimum atomic E-state index is 0.732. The maximum Gasteiger partial charge on any atom is 0.137 e. The van der Waals surface area contributed by atoms with Crippen LogP contribution in [0.4, 0.5) is 5.69 Å². The number of hydrogen-bond donors (Lipinski definition) is 1. The minimum Gasteiger partial charge on any atom is -0.496 e. The number of anilines is 1. The quantitative estimate of drug-likeness (QED) is 0.782. The van der Waals surface area contributed by atoms with Gasteiger partial charge in [0.25, 0.3) is 0 Å². The zero-order valence-corrected chi connectivity index (χ0v) is 15.2. The van der Waals surface area contributed by atoms with E-state index in [9.17, 15) is 0 Å². The van der Waals surface area contributed by atoms with Gasteiger partial charge in [0, 0.05) is 37.1 Å². The van der Waals surface area contributed by atoms with Crippen molar-refractivity contribution in [3.8, 4) is 17.0 Å². The Kier molecular flexibility index (Phi) is 4.53. The summed E-state index contributed by atoms with van der Waals surface area (Å²) in [5.41, 5.74) is 12.0. The van der Waals surface area contributed by atoms with Crippen LogP contribution in [0.3, 0.4) is 0 Å². The summed E-state index contributed by atoms with van der Waals surface area (Å²) in [6, 6.07) is 10.1. The normalized spacial score (nSPS) is 15.5. The molecule has 1 aliphatic rings. The summed E-state index contributed by atoms with van der Waals surface area (Å²) in [7, 11) is 1.69. The molecule has 0 amide bonds. The fourth-order valence-electron chi connectivity index (χ4n) is 3.49. The third-order valence-corrected chi connectivity index (χ3v) is 4.89. The van der Waals surface area contributed by atoms with E-state index in [1.165, 1.54) is 0 Å². The zero-order chi connectivity index (χ0) is 18.1. The van der Waals surface area contributed by atoms with E-state index in [2.05, 4.69) is 28.4 Å². The number of pyridine rings is 1. The predicted octanol–water partition coefficient (Wildman–Crippen LogP) is 2.73. The average molecular weight is 352 g/mol. The fraction of sp³-hybridized carbons (Fsp3) is 0.350. The summed E-state index contributed by atoms with van der Waals surface area (Å²) in [5.74, 6) is 0.886. The number of benzene rings is 1. The Hall–Kier alpha value is -2.57. The number of nitrogens with two attached hydrogens (primary N) is 1. The molecule has 1 aromatic carbocycles. The number of nitrogen functional groups attached to an aromatic ring is 1. The molecule has 1 saturated heterocycles. The van der Waals surface area contributed by atoms with E-state index >= 15 is 0 Å². The Bertz CT molecular complexity index is 929. The van der Waals surface area contributed by atoms with Gasteiger partial charge in [-0.3, -0.25) is 4.90 Å². The molecular formula is C20H24N4O2. The lowest BCUT2D eigenvalue weighted by Gasteiger charge is -2.26. The van der Waals surface area contributed by atoms with Gasteiger partial charge in [0.2, 0.25) is 0 Å². The summed E-state index contributed by atoms with van der Waals surface area (Å²) >= 11 is 0. The van der Waals surface area contributed by atoms with Crippen molar-refractivity contribution in [2.24, 2.45) is 0 Å². The zero-order valence-electron chi connectivity index (χ0n) is 15.2. The van der Waals surface area contributed by atoms with Crippen LogP contribution >= 0.6 is 0 Å². The molecule has 0 aliphatic carbocycles. The topological polar surface area (TPSA) is 65.0 Å². The number of aromatic nitrogens is 2. The second-order valence-electron chi connectivity index (χ2n) is 6.67. The molecule has 6 nitrogen and oxygen atoms in total. The molecule has 0 saturated carbocycles. The number of imidazole rings is 1. The molecule has 0 spiro atoms. The Morgan fingerprint density at radius 2 is 2.00 bits per heavy atom. The first kappa shape index (κ1) is 16.9. The van der Waals surface area contributed by atoms with Crippen LogP contribution < -0.4 is 10.5 Å². The second kappa shape index (κ2) is 6.97. The Morgan fingerprint density at radius 1 is 1.19 bits per heavy atom. The summed E-state index contributed by atoms with van der Waals surface area (Å²) in [4.78, 5) is 7.29.